The van der Waals surface area contributed by atoms with Gasteiger partial charge in [0.05, 0.1) is 11.6 Å². The van der Waals surface area contributed by atoms with Gasteiger partial charge in [0, 0.05) is 38.9 Å². The average molecular weight is 318 g/mol. The van der Waals surface area contributed by atoms with Crippen LogP contribution in [0.2, 0.25) is 5.02 Å². The van der Waals surface area contributed by atoms with E-state index in [1.807, 2.05) is 24.3 Å². The lowest BCUT2D eigenvalue weighted by molar-refractivity contribution is 0.249. The molecule has 0 spiro atoms. The van der Waals surface area contributed by atoms with Gasteiger partial charge >= 0.3 is 0 Å². The number of rotatable bonds is 4. The van der Waals surface area contributed by atoms with Crippen LogP contribution >= 0.6 is 11.6 Å². The summed E-state index contributed by atoms with van der Waals surface area (Å²) in [6.45, 7) is 5.05. The highest BCUT2D eigenvalue weighted by Gasteiger charge is 2.17. The number of pyridine rings is 1. The Hall–Kier alpha value is -1.62. The summed E-state index contributed by atoms with van der Waals surface area (Å²) < 4.78 is 0. The maximum Gasteiger partial charge on any atom is 0.128 e. The molecule has 0 atom stereocenters. The lowest BCUT2D eigenvalue weighted by Gasteiger charge is -2.35. The van der Waals surface area contributed by atoms with E-state index in [1.165, 1.54) is 5.56 Å². The zero-order valence-corrected chi connectivity index (χ0v) is 13.2. The molecule has 1 saturated heterocycles. The molecule has 2 heterocycles. The summed E-state index contributed by atoms with van der Waals surface area (Å²) >= 11 is 5.88. The number of aromatic nitrogens is 1. The van der Waals surface area contributed by atoms with Gasteiger partial charge in [0.2, 0.25) is 0 Å². The highest BCUT2D eigenvalue weighted by atomic mass is 35.5. The molecule has 0 bridgehead atoms. The van der Waals surface area contributed by atoms with Crippen LogP contribution in [0.4, 0.5) is 5.82 Å². The number of aliphatic hydroxyl groups is 1. The molecule has 0 unspecified atom stereocenters. The summed E-state index contributed by atoms with van der Waals surface area (Å²) in [6, 6.07) is 12.0. The van der Waals surface area contributed by atoms with E-state index in [0.29, 0.717) is 5.02 Å². The minimum absolute atomic E-state index is 0.104. The molecule has 0 saturated carbocycles. The van der Waals surface area contributed by atoms with E-state index in [9.17, 15) is 0 Å². The number of halogens is 1. The van der Waals surface area contributed by atoms with Gasteiger partial charge in [0.15, 0.2) is 0 Å². The molecular formula is C17H20ClN3O. The van der Waals surface area contributed by atoms with Crippen LogP contribution in [-0.4, -0.2) is 41.2 Å². The highest BCUT2D eigenvalue weighted by Crippen LogP contribution is 2.17. The monoisotopic (exact) mass is 317 g/mol. The fourth-order valence-corrected chi connectivity index (χ4v) is 2.81. The third-order valence-electron chi connectivity index (χ3n) is 4.02. The Morgan fingerprint density at radius 2 is 1.64 bits per heavy atom. The van der Waals surface area contributed by atoms with Crippen molar-refractivity contribution in [1.29, 1.82) is 0 Å². The third-order valence-corrected chi connectivity index (χ3v) is 4.24. The number of hydrogen-bond acceptors (Lipinski definition) is 4. The number of anilines is 1. The van der Waals surface area contributed by atoms with Crippen molar-refractivity contribution < 1.29 is 5.11 Å². The van der Waals surface area contributed by atoms with Crippen LogP contribution in [0.25, 0.3) is 0 Å². The predicted octanol–water partition coefficient (Wildman–Crippen LogP) is 2.55. The maximum absolute atomic E-state index is 9.07. The number of aliphatic hydroxyl groups excluding tert-OH is 1. The largest absolute Gasteiger partial charge is 0.392 e. The summed E-state index contributed by atoms with van der Waals surface area (Å²) in [5, 5.41) is 9.75. The van der Waals surface area contributed by atoms with E-state index < -0.39 is 0 Å². The van der Waals surface area contributed by atoms with Crippen LogP contribution in [0.15, 0.2) is 42.6 Å². The summed E-state index contributed by atoms with van der Waals surface area (Å²) in [5.74, 6) is 0.997. The van der Waals surface area contributed by atoms with Gasteiger partial charge in [-0.2, -0.15) is 0 Å². The summed E-state index contributed by atoms with van der Waals surface area (Å²) in [5.41, 5.74) is 2.25. The van der Waals surface area contributed by atoms with Gasteiger partial charge in [0.25, 0.3) is 0 Å². The number of hydrogen-bond donors (Lipinski definition) is 1. The molecular weight excluding hydrogens is 298 g/mol. The van der Waals surface area contributed by atoms with E-state index in [1.54, 1.807) is 6.20 Å². The Morgan fingerprint density at radius 1 is 0.955 bits per heavy atom. The lowest BCUT2D eigenvalue weighted by atomic mass is 10.1. The Balaban J connectivity index is 1.53. The molecule has 1 aliphatic heterocycles. The molecule has 0 amide bonds. The maximum atomic E-state index is 9.07. The Bertz CT molecular complexity index is 592. The molecule has 0 aliphatic carbocycles. The van der Waals surface area contributed by atoms with Gasteiger partial charge < -0.3 is 10.0 Å². The molecule has 3 rings (SSSR count). The van der Waals surface area contributed by atoms with Crippen LogP contribution in [0.5, 0.6) is 0 Å². The first kappa shape index (κ1) is 15.3. The van der Waals surface area contributed by atoms with Crippen molar-refractivity contribution in [2.24, 2.45) is 0 Å². The second kappa shape index (κ2) is 7.09. The van der Waals surface area contributed by atoms with Crippen molar-refractivity contribution >= 4 is 17.4 Å². The molecule has 1 fully saturated rings. The predicted molar refractivity (Wildman–Crippen MR) is 89.1 cm³/mol. The summed E-state index contributed by atoms with van der Waals surface area (Å²) in [4.78, 5) is 9.12. The molecule has 1 aromatic heterocycles. The van der Waals surface area contributed by atoms with Gasteiger partial charge in [-0.05, 0) is 23.3 Å². The van der Waals surface area contributed by atoms with Gasteiger partial charge in [-0.1, -0.05) is 35.9 Å². The molecule has 1 N–H and O–H groups in total. The van der Waals surface area contributed by atoms with Crippen molar-refractivity contribution in [2.75, 3.05) is 31.1 Å². The van der Waals surface area contributed by atoms with Crippen molar-refractivity contribution in [1.82, 2.24) is 9.88 Å². The van der Waals surface area contributed by atoms with Gasteiger partial charge in [-0.3, -0.25) is 4.90 Å². The van der Waals surface area contributed by atoms with Gasteiger partial charge in [-0.15, -0.1) is 0 Å². The van der Waals surface area contributed by atoms with Crippen LogP contribution in [0, 0.1) is 0 Å². The van der Waals surface area contributed by atoms with E-state index in [-0.39, 0.29) is 6.61 Å². The Kier molecular flexibility index (Phi) is 4.93. The molecule has 1 aromatic carbocycles. The van der Waals surface area contributed by atoms with Crippen LogP contribution in [0.3, 0.4) is 0 Å². The van der Waals surface area contributed by atoms with Gasteiger partial charge in [-0.25, -0.2) is 4.98 Å². The standard InChI is InChI=1S/C17H20ClN3O/c18-16-5-6-17(19-11-16)21-9-7-20(8-10-21)12-14-1-3-15(13-22)4-2-14/h1-6,11,22H,7-10,12-13H2. The first-order chi connectivity index (χ1) is 10.7. The van der Waals surface area contributed by atoms with Crippen LogP contribution in [-0.2, 0) is 13.2 Å². The van der Waals surface area contributed by atoms with Crippen molar-refractivity contribution in [3.63, 3.8) is 0 Å². The fraction of sp³-hybridized carbons (Fsp3) is 0.353. The van der Waals surface area contributed by atoms with Gasteiger partial charge in [0.1, 0.15) is 5.82 Å². The topological polar surface area (TPSA) is 39.6 Å². The molecule has 116 valence electrons. The van der Waals surface area contributed by atoms with E-state index in [0.717, 1.165) is 44.1 Å². The van der Waals surface area contributed by atoms with Crippen molar-refractivity contribution in [3.8, 4) is 0 Å². The van der Waals surface area contributed by atoms with Crippen LogP contribution < -0.4 is 4.90 Å². The van der Waals surface area contributed by atoms with E-state index >= 15 is 0 Å². The molecule has 2 aromatic rings. The Morgan fingerprint density at radius 3 is 2.23 bits per heavy atom. The van der Waals surface area contributed by atoms with Crippen molar-refractivity contribution in [3.05, 3.63) is 58.7 Å². The zero-order valence-electron chi connectivity index (χ0n) is 12.5. The molecule has 4 nitrogen and oxygen atoms in total. The van der Waals surface area contributed by atoms with E-state index in [2.05, 4.69) is 26.9 Å². The number of benzene rings is 1. The lowest BCUT2D eigenvalue weighted by Crippen LogP contribution is -2.46. The summed E-state index contributed by atoms with van der Waals surface area (Å²) in [7, 11) is 0. The average Bonchev–Trinajstić information content (AvgIpc) is 2.57. The summed E-state index contributed by atoms with van der Waals surface area (Å²) in [6.07, 6.45) is 1.70. The molecule has 0 radical (unpaired) electrons. The first-order valence-corrected chi connectivity index (χ1v) is 7.90. The molecule has 1 aliphatic rings. The third kappa shape index (κ3) is 3.77. The second-order valence-corrected chi connectivity index (χ2v) is 6.01. The zero-order chi connectivity index (χ0) is 15.4. The smallest absolute Gasteiger partial charge is 0.128 e. The van der Waals surface area contributed by atoms with Crippen molar-refractivity contribution in [2.45, 2.75) is 13.2 Å². The number of piperazine rings is 1. The van der Waals surface area contributed by atoms with E-state index in [4.69, 9.17) is 16.7 Å². The SMILES string of the molecule is OCc1ccc(CN2CCN(c3ccc(Cl)cn3)CC2)cc1. The minimum atomic E-state index is 0.104. The number of nitrogens with zero attached hydrogens (tertiary/aromatic N) is 3. The molecule has 22 heavy (non-hydrogen) atoms. The minimum Gasteiger partial charge on any atom is -0.392 e. The quantitative estimate of drug-likeness (QED) is 0.940. The molecule has 5 heteroatoms. The van der Waals surface area contributed by atoms with Crippen LogP contribution in [0.1, 0.15) is 11.1 Å². The highest BCUT2D eigenvalue weighted by molar-refractivity contribution is 6.30. The Labute approximate surface area is 136 Å². The normalized spacial score (nSPS) is 16.0. The fourth-order valence-electron chi connectivity index (χ4n) is 2.70. The second-order valence-electron chi connectivity index (χ2n) is 5.57. The first-order valence-electron chi connectivity index (χ1n) is 7.52.